The number of hydrogen-bond acceptors (Lipinski definition) is 7. The number of amides is 1. The minimum atomic E-state index is -0.793. The van der Waals surface area contributed by atoms with Crippen molar-refractivity contribution < 1.29 is 18.1 Å². The maximum Gasteiger partial charge on any atom is 0.296 e. The molecule has 3 aromatic rings. The molecule has 0 atom stereocenters. The van der Waals surface area contributed by atoms with Crippen molar-refractivity contribution in [1.82, 2.24) is 15.4 Å². The first kappa shape index (κ1) is 15.6. The number of carbonyl (C=O) groups excluding carboxylic acids is 1. The Balaban J connectivity index is 1.82. The van der Waals surface area contributed by atoms with Crippen molar-refractivity contribution in [3.05, 3.63) is 41.7 Å². The van der Waals surface area contributed by atoms with Crippen LogP contribution in [0.1, 0.15) is 10.6 Å². The Hall–Kier alpha value is -2.33. The number of halogens is 2. The molecule has 0 aliphatic carbocycles. The minimum absolute atomic E-state index is 0.104. The van der Waals surface area contributed by atoms with E-state index in [4.69, 9.17) is 4.52 Å². The van der Waals surface area contributed by atoms with Crippen LogP contribution in [-0.2, 0) is 0 Å². The monoisotopic (exact) mass is 354 g/mol. The zero-order chi connectivity index (χ0) is 16.4. The van der Waals surface area contributed by atoms with Crippen LogP contribution >= 0.6 is 23.1 Å². The van der Waals surface area contributed by atoms with Crippen LogP contribution in [0.25, 0.3) is 11.3 Å². The first-order valence-electron chi connectivity index (χ1n) is 6.18. The second-order valence-electron chi connectivity index (χ2n) is 4.20. The number of anilines is 1. The van der Waals surface area contributed by atoms with Crippen LogP contribution in [0.2, 0.25) is 0 Å². The van der Waals surface area contributed by atoms with E-state index in [0.29, 0.717) is 4.34 Å². The van der Waals surface area contributed by atoms with Gasteiger partial charge in [-0.15, -0.1) is 10.2 Å². The average molecular weight is 354 g/mol. The van der Waals surface area contributed by atoms with E-state index in [-0.39, 0.29) is 22.1 Å². The quantitative estimate of drug-likeness (QED) is 0.571. The molecule has 0 unspecified atom stereocenters. The molecule has 2 aromatic heterocycles. The van der Waals surface area contributed by atoms with E-state index in [2.05, 4.69) is 20.7 Å². The molecule has 1 amide bonds. The molecule has 2 heterocycles. The Morgan fingerprint density at radius 1 is 1.30 bits per heavy atom. The molecule has 0 aliphatic rings. The highest BCUT2D eigenvalue weighted by Crippen LogP contribution is 2.27. The first-order chi connectivity index (χ1) is 11.1. The SMILES string of the molecule is CSc1nnc(NC(=O)c2cc(-c3c(F)cccc3F)no2)s1. The molecular formula is C13H8F2N4O2S2. The summed E-state index contributed by atoms with van der Waals surface area (Å²) in [4.78, 5) is 12.0. The third-order valence-electron chi connectivity index (χ3n) is 2.75. The van der Waals surface area contributed by atoms with Gasteiger partial charge in [-0.1, -0.05) is 34.3 Å². The molecule has 1 N–H and O–H groups in total. The lowest BCUT2D eigenvalue weighted by molar-refractivity contribution is 0.0988. The summed E-state index contributed by atoms with van der Waals surface area (Å²) in [7, 11) is 0. The van der Waals surface area contributed by atoms with Crippen LogP contribution in [0.4, 0.5) is 13.9 Å². The lowest BCUT2D eigenvalue weighted by Crippen LogP contribution is -2.10. The molecule has 0 saturated heterocycles. The summed E-state index contributed by atoms with van der Waals surface area (Å²) in [5.41, 5.74) is -0.455. The number of aromatic nitrogens is 3. The van der Waals surface area contributed by atoms with Crippen LogP contribution in [0.15, 0.2) is 33.1 Å². The van der Waals surface area contributed by atoms with E-state index in [1.165, 1.54) is 29.2 Å². The Morgan fingerprint density at radius 3 is 2.70 bits per heavy atom. The summed E-state index contributed by atoms with van der Waals surface area (Å²) in [5, 5.41) is 13.9. The van der Waals surface area contributed by atoms with Crippen molar-refractivity contribution in [2.45, 2.75) is 4.34 Å². The Kier molecular flexibility index (Phi) is 4.35. The lowest BCUT2D eigenvalue weighted by atomic mass is 10.1. The average Bonchev–Trinajstić information content (AvgIpc) is 3.16. The maximum atomic E-state index is 13.7. The fourth-order valence-electron chi connectivity index (χ4n) is 1.74. The zero-order valence-electron chi connectivity index (χ0n) is 11.5. The highest BCUT2D eigenvalue weighted by Gasteiger charge is 2.20. The van der Waals surface area contributed by atoms with Gasteiger partial charge >= 0.3 is 0 Å². The van der Waals surface area contributed by atoms with E-state index >= 15 is 0 Å². The summed E-state index contributed by atoms with van der Waals surface area (Å²) in [6.07, 6.45) is 1.83. The standard InChI is InChI=1S/C13H8F2N4O2S2/c1-22-13-18-17-12(23-13)16-11(20)9-5-8(19-21-9)10-6(14)3-2-4-7(10)15/h2-5H,1H3,(H,16,17,20). The summed E-state index contributed by atoms with van der Waals surface area (Å²) in [6, 6.07) is 4.59. The lowest BCUT2D eigenvalue weighted by Gasteiger charge is -1.99. The van der Waals surface area contributed by atoms with Gasteiger partial charge in [-0.2, -0.15) is 0 Å². The molecule has 23 heavy (non-hydrogen) atoms. The molecule has 0 saturated carbocycles. The molecule has 10 heteroatoms. The second kappa shape index (κ2) is 6.42. The van der Waals surface area contributed by atoms with Gasteiger partial charge in [0.05, 0.1) is 5.56 Å². The highest BCUT2D eigenvalue weighted by atomic mass is 32.2. The normalized spacial score (nSPS) is 10.7. The van der Waals surface area contributed by atoms with Gasteiger partial charge in [-0.05, 0) is 18.4 Å². The van der Waals surface area contributed by atoms with Crippen molar-refractivity contribution in [2.75, 3.05) is 11.6 Å². The molecule has 0 fully saturated rings. The number of nitrogens with one attached hydrogen (secondary N) is 1. The molecule has 1 aromatic carbocycles. The maximum absolute atomic E-state index is 13.7. The fourth-order valence-corrected chi connectivity index (χ4v) is 2.91. The first-order valence-corrected chi connectivity index (χ1v) is 8.22. The van der Waals surface area contributed by atoms with Gasteiger partial charge in [0.25, 0.3) is 5.91 Å². The van der Waals surface area contributed by atoms with Gasteiger partial charge < -0.3 is 4.52 Å². The van der Waals surface area contributed by atoms with Gasteiger partial charge in [0.2, 0.25) is 10.9 Å². The van der Waals surface area contributed by atoms with Crippen LogP contribution in [0.5, 0.6) is 0 Å². The van der Waals surface area contributed by atoms with Gasteiger partial charge in [0.1, 0.15) is 17.3 Å². The van der Waals surface area contributed by atoms with Crippen LogP contribution < -0.4 is 5.32 Å². The summed E-state index contributed by atoms with van der Waals surface area (Å²) < 4.78 is 32.9. The Bertz CT molecular complexity index is 845. The predicted molar refractivity (Wildman–Crippen MR) is 81.5 cm³/mol. The Morgan fingerprint density at radius 2 is 2.04 bits per heavy atom. The Labute approximate surface area is 136 Å². The summed E-state index contributed by atoms with van der Waals surface area (Å²) >= 11 is 2.58. The molecule has 0 bridgehead atoms. The molecule has 0 spiro atoms. The largest absolute Gasteiger partial charge is 0.350 e. The van der Waals surface area contributed by atoms with Gasteiger partial charge in [-0.3, -0.25) is 10.1 Å². The topological polar surface area (TPSA) is 80.9 Å². The molecular weight excluding hydrogens is 346 g/mol. The molecule has 118 valence electrons. The highest BCUT2D eigenvalue weighted by molar-refractivity contribution is 8.00. The number of hydrogen-bond donors (Lipinski definition) is 1. The van der Waals surface area contributed by atoms with Gasteiger partial charge in [0, 0.05) is 6.07 Å². The zero-order valence-corrected chi connectivity index (χ0v) is 13.2. The van der Waals surface area contributed by atoms with Crippen molar-refractivity contribution >= 4 is 34.1 Å². The van der Waals surface area contributed by atoms with Crippen LogP contribution in [-0.4, -0.2) is 27.5 Å². The number of thioether (sulfide) groups is 1. The molecule has 0 radical (unpaired) electrons. The van der Waals surface area contributed by atoms with Crippen LogP contribution in [0.3, 0.4) is 0 Å². The second-order valence-corrected chi connectivity index (χ2v) is 6.24. The van der Waals surface area contributed by atoms with Crippen molar-refractivity contribution in [1.29, 1.82) is 0 Å². The molecule has 6 nitrogen and oxygen atoms in total. The van der Waals surface area contributed by atoms with Crippen LogP contribution in [0, 0.1) is 11.6 Å². The van der Waals surface area contributed by atoms with E-state index in [0.717, 1.165) is 18.2 Å². The fraction of sp³-hybridized carbons (Fsp3) is 0.0769. The summed E-state index contributed by atoms with van der Waals surface area (Å²) in [5.74, 6) is -2.41. The van der Waals surface area contributed by atoms with E-state index in [9.17, 15) is 13.6 Å². The van der Waals surface area contributed by atoms with E-state index in [1.807, 2.05) is 6.26 Å². The molecule has 3 rings (SSSR count). The van der Waals surface area contributed by atoms with Gasteiger partial charge in [0.15, 0.2) is 4.34 Å². The third kappa shape index (κ3) is 3.22. The van der Waals surface area contributed by atoms with Gasteiger partial charge in [-0.25, -0.2) is 8.78 Å². The molecule has 0 aliphatic heterocycles. The number of nitrogens with zero attached hydrogens (tertiary/aromatic N) is 3. The van der Waals surface area contributed by atoms with E-state index in [1.54, 1.807) is 0 Å². The number of benzene rings is 1. The number of rotatable bonds is 4. The van der Waals surface area contributed by atoms with Crippen molar-refractivity contribution in [2.24, 2.45) is 0 Å². The number of carbonyl (C=O) groups is 1. The minimum Gasteiger partial charge on any atom is -0.350 e. The van der Waals surface area contributed by atoms with E-state index < -0.39 is 17.5 Å². The third-order valence-corrected chi connectivity index (χ3v) is 4.57. The predicted octanol–water partition coefficient (Wildman–Crippen LogP) is 3.45. The summed E-state index contributed by atoms with van der Waals surface area (Å²) in [6.45, 7) is 0. The van der Waals surface area contributed by atoms with Crippen molar-refractivity contribution in [3.63, 3.8) is 0 Å². The van der Waals surface area contributed by atoms with Crippen molar-refractivity contribution in [3.8, 4) is 11.3 Å². The smallest absolute Gasteiger partial charge is 0.296 e.